The van der Waals surface area contributed by atoms with E-state index >= 15 is 0 Å². The lowest BCUT2D eigenvalue weighted by molar-refractivity contribution is -0.729. The molecule has 1 amide bonds. The van der Waals surface area contributed by atoms with Crippen LogP contribution in [0.5, 0.6) is 0 Å². The predicted octanol–water partition coefficient (Wildman–Crippen LogP) is 4.39. The minimum Gasteiger partial charge on any atom is -0.426 e. The molecule has 0 aliphatic carbocycles. The highest BCUT2D eigenvalue weighted by Crippen LogP contribution is 2.27. The van der Waals surface area contributed by atoms with Crippen molar-refractivity contribution in [3.05, 3.63) is 89.3 Å². The lowest BCUT2D eigenvalue weighted by Gasteiger charge is -2.05. The van der Waals surface area contributed by atoms with Gasteiger partial charge in [-0.15, -0.1) is 0 Å². The molecule has 0 bridgehead atoms. The molecule has 1 aromatic heterocycles. The van der Waals surface area contributed by atoms with Crippen molar-refractivity contribution >= 4 is 34.4 Å². The highest BCUT2D eigenvalue weighted by Gasteiger charge is 2.18. The Balaban J connectivity index is 1.52. The van der Waals surface area contributed by atoms with Gasteiger partial charge in [0.15, 0.2) is 5.82 Å². The molecule has 0 saturated carbocycles. The Labute approximate surface area is 170 Å². The molecule has 4 aromatic rings. The maximum Gasteiger partial charge on any atom is 0.318 e. The summed E-state index contributed by atoms with van der Waals surface area (Å²) in [6.45, 7) is 0. The SMILES string of the molecule is O=C(/C=C/c1ccccc1)Nc1ccc(-c2nc3ccc([N+](=O)O)cc3n2O)cc1. The fourth-order valence-corrected chi connectivity index (χ4v) is 2.98. The van der Waals surface area contributed by atoms with Crippen molar-refractivity contribution in [2.75, 3.05) is 5.32 Å². The van der Waals surface area contributed by atoms with Gasteiger partial charge in [0.2, 0.25) is 5.91 Å². The zero-order valence-electron chi connectivity index (χ0n) is 15.6. The Morgan fingerprint density at radius 3 is 2.47 bits per heavy atom. The molecule has 1 heterocycles. The molecule has 8 nitrogen and oxygen atoms in total. The highest BCUT2D eigenvalue weighted by atomic mass is 16.6. The van der Waals surface area contributed by atoms with Crippen molar-refractivity contribution in [3.8, 4) is 11.4 Å². The number of carbonyl (C=O) groups excluding carboxylic acids is 1. The summed E-state index contributed by atoms with van der Waals surface area (Å²) in [6, 6.07) is 20.5. The molecule has 3 N–H and O–H groups in total. The maximum atomic E-state index is 12.1. The smallest absolute Gasteiger partial charge is 0.318 e. The molecule has 0 unspecified atom stereocenters. The van der Waals surface area contributed by atoms with E-state index in [2.05, 4.69) is 10.3 Å². The number of hydrogen-bond acceptors (Lipinski definition) is 4. The van der Waals surface area contributed by atoms with Crippen molar-refractivity contribution in [1.29, 1.82) is 0 Å². The largest absolute Gasteiger partial charge is 0.426 e. The maximum absolute atomic E-state index is 12.1. The minimum absolute atomic E-state index is 0.0223. The Hall–Kier alpha value is -4.46. The second kappa shape index (κ2) is 7.88. The molecular weight excluding hydrogens is 384 g/mol. The van der Waals surface area contributed by atoms with Crippen LogP contribution in [-0.4, -0.2) is 31.0 Å². The molecule has 8 heteroatoms. The third-order valence-electron chi connectivity index (χ3n) is 4.47. The number of hydrogen-bond donors (Lipinski definition) is 3. The summed E-state index contributed by atoms with van der Waals surface area (Å²) in [5.41, 5.74) is 2.84. The Morgan fingerprint density at radius 2 is 1.77 bits per heavy atom. The van der Waals surface area contributed by atoms with Crippen LogP contribution in [0.15, 0.2) is 78.9 Å². The van der Waals surface area contributed by atoms with Gasteiger partial charge in [0, 0.05) is 29.5 Å². The minimum atomic E-state index is -0.282. The number of amides is 1. The van der Waals surface area contributed by atoms with Crippen molar-refractivity contribution in [2.24, 2.45) is 0 Å². The van der Waals surface area contributed by atoms with Gasteiger partial charge in [-0.3, -0.25) is 4.79 Å². The molecule has 0 atom stereocenters. The van der Waals surface area contributed by atoms with Gasteiger partial charge in [-0.2, -0.15) is 4.73 Å². The first-order valence-electron chi connectivity index (χ1n) is 9.04. The summed E-state index contributed by atoms with van der Waals surface area (Å²) >= 11 is 0. The van der Waals surface area contributed by atoms with Gasteiger partial charge in [0.1, 0.15) is 5.52 Å². The van der Waals surface area contributed by atoms with Crippen LogP contribution in [0.2, 0.25) is 0 Å². The summed E-state index contributed by atoms with van der Waals surface area (Å²) in [6.07, 6.45) is 3.18. The van der Waals surface area contributed by atoms with Crippen LogP contribution in [0, 0.1) is 4.91 Å². The number of imidazole rings is 1. The lowest BCUT2D eigenvalue weighted by atomic mass is 10.2. The van der Waals surface area contributed by atoms with Gasteiger partial charge in [-0.1, -0.05) is 30.3 Å². The van der Waals surface area contributed by atoms with E-state index in [1.54, 1.807) is 30.3 Å². The number of carbonyl (C=O) groups is 1. The molecular formula is C22H17N4O4+. The predicted molar refractivity (Wildman–Crippen MR) is 112 cm³/mol. The standard InChI is InChI=1S/C22H16N4O4/c27-21(13-6-15-4-2-1-3-5-15)23-17-9-7-16(8-10-17)22-24-19-12-11-18(26(29)30)14-20(19)25(22)28/h1-14,28H,(H-,23,24,27,29,30)/p+1/b13-6+. The van der Waals surface area contributed by atoms with Gasteiger partial charge in [-0.25, -0.2) is 10.2 Å². The Morgan fingerprint density at radius 1 is 1.03 bits per heavy atom. The molecule has 148 valence electrons. The summed E-state index contributed by atoms with van der Waals surface area (Å²) in [7, 11) is 0. The van der Waals surface area contributed by atoms with E-state index in [0.717, 1.165) is 10.3 Å². The number of fused-ring (bicyclic) bond motifs is 1. The van der Waals surface area contributed by atoms with E-state index in [4.69, 9.17) is 5.21 Å². The second-order valence-corrected chi connectivity index (χ2v) is 6.50. The number of rotatable bonds is 5. The first kappa shape index (κ1) is 18.9. The van der Waals surface area contributed by atoms with E-state index in [1.165, 1.54) is 24.3 Å². The number of anilines is 1. The Kier molecular flexibility index (Phi) is 4.96. The molecule has 0 saturated heterocycles. The van der Waals surface area contributed by atoms with Gasteiger partial charge in [0.25, 0.3) is 4.92 Å². The zero-order valence-corrected chi connectivity index (χ0v) is 15.6. The van der Waals surface area contributed by atoms with Crippen LogP contribution in [0.4, 0.5) is 11.4 Å². The third-order valence-corrected chi connectivity index (χ3v) is 4.47. The van der Waals surface area contributed by atoms with Crippen LogP contribution in [0.3, 0.4) is 0 Å². The van der Waals surface area contributed by atoms with E-state index in [0.29, 0.717) is 16.8 Å². The topological polar surface area (TPSA) is 107 Å². The molecule has 4 rings (SSSR count). The molecule has 0 aliphatic rings. The van der Waals surface area contributed by atoms with Crippen LogP contribution < -0.4 is 5.32 Å². The van der Waals surface area contributed by atoms with Crippen molar-refractivity contribution in [1.82, 2.24) is 9.71 Å². The van der Waals surface area contributed by atoms with Gasteiger partial charge < -0.3 is 10.5 Å². The fraction of sp³-hybridized carbons (Fsp3) is 0. The fourth-order valence-electron chi connectivity index (χ4n) is 2.98. The van der Waals surface area contributed by atoms with Gasteiger partial charge in [-0.05, 0) is 42.0 Å². The number of aromatic nitrogens is 2. The van der Waals surface area contributed by atoms with Crippen molar-refractivity contribution < 1.29 is 20.1 Å². The summed E-state index contributed by atoms with van der Waals surface area (Å²) in [5, 5.41) is 22.2. The van der Waals surface area contributed by atoms with Crippen molar-refractivity contribution in [3.63, 3.8) is 0 Å². The van der Waals surface area contributed by atoms with Crippen molar-refractivity contribution in [2.45, 2.75) is 0 Å². The van der Waals surface area contributed by atoms with Crippen LogP contribution in [0.1, 0.15) is 5.56 Å². The summed E-state index contributed by atoms with van der Waals surface area (Å²) < 4.78 is 0.846. The van der Waals surface area contributed by atoms with Crippen LogP contribution in [0.25, 0.3) is 28.5 Å². The average molecular weight is 401 g/mol. The number of nitrogens with one attached hydrogen (secondary N) is 1. The third kappa shape index (κ3) is 3.88. The normalized spacial score (nSPS) is 11.1. The zero-order chi connectivity index (χ0) is 21.1. The number of nitrogens with zero attached hydrogens (tertiary/aromatic N) is 3. The molecule has 0 spiro atoms. The molecule has 3 aromatic carbocycles. The van der Waals surface area contributed by atoms with Crippen LogP contribution >= 0.6 is 0 Å². The van der Waals surface area contributed by atoms with Gasteiger partial charge >= 0.3 is 5.69 Å². The molecule has 0 radical (unpaired) electrons. The lowest BCUT2D eigenvalue weighted by Crippen LogP contribution is -2.07. The van der Waals surface area contributed by atoms with Crippen LogP contribution in [-0.2, 0) is 4.79 Å². The quantitative estimate of drug-likeness (QED) is 0.261. The number of benzene rings is 3. The van der Waals surface area contributed by atoms with E-state index in [-0.39, 0.29) is 27.9 Å². The summed E-state index contributed by atoms with van der Waals surface area (Å²) in [5.74, 6) is -0.000844. The van der Waals surface area contributed by atoms with E-state index in [9.17, 15) is 14.9 Å². The highest BCUT2D eigenvalue weighted by molar-refractivity contribution is 6.02. The average Bonchev–Trinajstić information content (AvgIpc) is 3.09. The monoisotopic (exact) mass is 401 g/mol. The van der Waals surface area contributed by atoms with Gasteiger partial charge in [0.05, 0.1) is 10.4 Å². The second-order valence-electron chi connectivity index (χ2n) is 6.50. The molecule has 30 heavy (non-hydrogen) atoms. The van der Waals surface area contributed by atoms with E-state index in [1.807, 2.05) is 30.3 Å². The first-order chi connectivity index (χ1) is 14.5. The molecule has 0 fully saturated rings. The summed E-state index contributed by atoms with van der Waals surface area (Å²) in [4.78, 5) is 27.2. The van der Waals surface area contributed by atoms with E-state index < -0.39 is 0 Å². The first-order valence-corrected chi connectivity index (χ1v) is 9.04. The Bertz CT molecular complexity index is 1260. The molecule has 0 aliphatic heterocycles.